The van der Waals surface area contributed by atoms with Crippen molar-refractivity contribution in [3.63, 3.8) is 0 Å². The molecule has 0 fully saturated rings. The maximum atomic E-state index is 12.1. The van der Waals surface area contributed by atoms with Gasteiger partial charge in [-0.15, -0.1) is 0 Å². The topological polar surface area (TPSA) is 45.2 Å². The Hall–Kier alpha value is -1.94. The second-order valence-corrected chi connectivity index (χ2v) is 6.05. The van der Waals surface area contributed by atoms with E-state index in [9.17, 15) is 4.79 Å². The minimum Gasteiger partial charge on any atom is -0.354 e. The monoisotopic (exact) mass is 326 g/mol. The second-order valence-electron chi connectivity index (χ2n) is 5.03. The van der Waals surface area contributed by atoms with Crippen LogP contribution in [0.3, 0.4) is 0 Å². The molecule has 0 bridgehead atoms. The Morgan fingerprint density at radius 3 is 2.85 bits per heavy atom. The first-order chi connectivity index (χ1) is 9.72. The van der Waals surface area contributed by atoms with Gasteiger partial charge in [0, 0.05) is 17.0 Å². The highest BCUT2D eigenvalue weighted by molar-refractivity contribution is 9.11. The Kier molecular flexibility index (Phi) is 2.54. The minimum absolute atomic E-state index is 0.0799. The molecule has 0 saturated carbocycles. The summed E-state index contributed by atoms with van der Waals surface area (Å²) < 4.78 is 1.13. The predicted octanol–water partition coefficient (Wildman–Crippen LogP) is 1.62. The van der Waals surface area contributed by atoms with Crippen molar-refractivity contribution in [1.29, 1.82) is 0 Å². The lowest BCUT2D eigenvalue weighted by atomic mass is 10.0. The first kappa shape index (κ1) is 11.9. The molecule has 1 aromatic heterocycles. The quantitative estimate of drug-likeness (QED) is 0.785. The molecule has 0 radical (unpaired) electrons. The van der Waals surface area contributed by atoms with Crippen molar-refractivity contribution in [2.75, 3.05) is 0 Å². The van der Waals surface area contributed by atoms with E-state index in [0.29, 0.717) is 6.42 Å². The molecular weight excluding hydrogens is 316 g/mol. The molecule has 98 valence electrons. The van der Waals surface area contributed by atoms with Gasteiger partial charge >= 0.3 is 0 Å². The highest BCUT2D eigenvalue weighted by atomic mass is 79.9. The lowest BCUT2D eigenvalue weighted by Crippen LogP contribution is -2.14. The van der Waals surface area contributed by atoms with Crippen molar-refractivity contribution in [1.82, 2.24) is 4.98 Å². The molecule has 1 aromatic carbocycles. The van der Waals surface area contributed by atoms with Crippen LogP contribution in [0.25, 0.3) is 6.08 Å². The Bertz CT molecular complexity index is 982. The van der Waals surface area contributed by atoms with Crippen LogP contribution in [0.2, 0.25) is 0 Å². The molecule has 0 unspecified atom stereocenters. The van der Waals surface area contributed by atoms with Crippen LogP contribution >= 0.6 is 15.9 Å². The number of rotatable bonds is 0. The van der Waals surface area contributed by atoms with E-state index in [1.54, 1.807) is 0 Å². The molecule has 2 aromatic rings. The first-order valence-electron chi connectivity index (χ1n) is 6.49. The van der Waals surface area contributed by atoms with Gasteiger partial charge in [-0.25, -0.2) is 4.99 Å². The number of hydrogen-bond acceptors (Lipinski definition) is 1. The fraction of sp³-hybridized carbons (Fsp3) is 0.125. The molecule has 1 aliphatic carbocycles. The van der Waals surface area contributed by atoms with E-state index in [1.807, 2.05) is 24.3 Å². The standard InChI is InChI=1S/C16H11BrN2O/c17-9-5-6-14-11(7-9)12-8-15(20)18-13-4-2-1-3-10(13)16(12)19-14/h1-6,19H,7-8H2. The summed E-state index contributed by atoms with van der Waals surface area (Å²) in [5.74, 6) is -0.0799. The van der Waals surface area contributed by atoms with E-state index in [0.717, 1.165) is 37.7 Å². The normalized spacial score (nSPS) is 16.1. The van der Waals surface area contributed by atoms with Gasteiger partial charge in [0.15, 0.2) is 0 Å². The number of benzene rings is 1. The summed E-state index contributed by atoms with van der Waals surface area (Å²) >= 11 is 3.54. The van der Waals surface area contributed by atoms with Crippen LogP contribution < -0.4 is 10.7 Å². The van der Waals surface area contributed by atoms with E-state index >= 15 is 0 Å². The van der Waals surface area contributed by atoms with Gasteiger partial charge in [-0.05, 0) is 33.8 Å². The van der Waals surface area contributed by atoms with Crippen molar-refractivity contribution in [3.05, 3.63) is 67.2 Å². The SMILES string of the molecule is O=C1Cc2c3c([nH]c2=c2ccccc2=N1)=CC=C(Br)C3. The van der Waals surface area contributed by atoms with Gasteiger partial charge in [0.25, 0.3) is 5.91 Å². The van der Waals surface area contributed by atoms with Crippen LogP contribution in [-0.2, 0) is 17.6 Å². The van der Waals surface area contributed by atoms with Gasteiger partial charge in [-0.2, -0.15) is 0 Å². The molecule has 0 spiro atoms. The zero-order chi connectivity index (χ0) is 13.7. The summed E-state index contributed by atoms with van der Waals surface area (Å²) in [6.45, 7) is 0. The van der Waals surface area contributed by atoms with E-state index in [2.05, 4.69) is 38.1 Å². The van der Waals surface area contributed by atoms with E-state index in [1.165, 1.54) is 5.56 Å². The molecule has 2 heterocycles. The maximum Gasteiger partial charge on any atom is 0.250 e. The van der Waals surface area contributed by atoms with Crippen molar-refractivity contribution in [3.8, 4) is 0 Å². The van der Waals surface area contributed by atoms with E-state index in [-0.39, 0.29) is 5.91 Å². The number of allylic oxidation sites excluding steroid dienone is 2. The minimum atomic E-state index is -0.0799. The molecule has 0 saturated heterocycles. The van der Waals surface area contributed by atoms with Crippen molar-refractivity contribution in [2.24, 2.45) is 4.99 Å². The fourth-order valence-electron chi connectivity index (χ4n) is 2.88. The molecule has 1 N–H and O–H groups in total. The first-order valence-corrected chi connectivity index (χ1v) is 7.29. The maximum absolute atomic E-state index is 12.1. The third-order valence-electron chi connectivity index (χ3n) is 3.77. The lowest BCUT2D eigenvalue weighted by Gasteiger charge is -2.04. The molecule has 1 amide bonds. The summed E-state index contributed by atoms with van der Waals surface area (Å²) in [7, 11) is 0. The zero-order valence-electron chi connectivity index (χ0n) is 10.6. The van der Waals surface area contributed by atoms with Gasteiger partial charge in [0.05, 0.1) is 17.1 Å². The Balaban J connectivity index is 2.24. The Labute approximate surface area is 123 Å². The second kappa shape index (κ2) is 4.28. The lowest BCUT2D eigenvalue weighted by molar-refractivity contribution is -0.117. The highest BCUT2D eigenvalue weighted by Crippen LogP contribution is 2.20. The summed E-state index contributed by atoms with van der Waals surface area (Å²) in [6.07, 6.45) is 5.30. The predicted molar refractivity (Wildman–Crippen MR) is 79.6 cm³/mol. The number of carbonyl (C=O) groups excluding carboxylic acids is 1. The Morgan fingerprint density at radius 2 is 1.95 bits per heavy atom. The third-order valence-corrected chi connectivity index (χ3v) is 4.32. The number of nitrogens with one attached hydrogen (secondary N) is 1. The average molecular weight is 327 g/mol. The summed E-state index contributed by atoms with van der Waals surface area (Å²) in [4.78, 5) is 19.7. The number of nitrogens with zero attached hydrogens (tertiary/aromatic N) is 1. The van der Waals surface area contributed by atoms with Gasteiger partial charge < -0.3 is 4.98 Å². The highest BCUT2D eigenvalue weighted by Gasteiger charge is 2.18. The number of H-pyrrole nitrogens is 1. The van der Waals surface area contributed by atoms with Crippen LogP contribution in [0, 0.1) is 10.6 Å². The van der Waals surface area contributed by atoms with E-state index in [4.69, 9.17) is 0 Å². The fourth-order valence-corrected chi connectivity index (χ4v) is 3.29. The van der Waals surface area contributed by atoms with Gasteiger partial charge in [0.1, 0.15) is 0 Å². The van der Waals surface area contributed by atoms with E-state index < -0.39 is 0 Å². The van der Waals surface area contributed by atoms with Gasteiger partial charge in [-0.1, -0.05) is 34.1 Å². The number of fused-ring (bicyclic) bond motifs is 4. The van der Waals surface area contributed by atoms with Gasteiger partial charge in [-0.3, -0.25) is 4.79 Å². The average Bonchev–Trinajstić information content (AvgIpc) is 2.70. The largest absolute Gasteiger partial charge is 0.354 e. The Morgan fingerprint density at radius 1 is 1.10 bits per heavy atom. The number of aromatic amines is 1. The third kappa shape index (κ3) is 1.72. The van der Waals surface area contributed by atoms with Crippen molar-refractivity contribution in [2.45, 2.75) is 12.8 Å². The molecule has 2 aliphatic rings. The number of carbonyl (C=O) groups is 1. The number of hydrogen-bond donors (Lipinski definition) is 1. The van der Waals surface area contributed by atoms with Crippen molar-refractivity contribution < 1.29 is 4.79 Å². The van der Waals surface area contributed by atoms with Gasteiger partial charge in [0.2, 0.25) is 0 Å². The molecule has 1 aliphatic heterocycles. The van der Waals surface area contributed by atoms with Crippen LogP contribution in [0.1, 0.15) is 11.1 Å². The molecule has 4 heteroatoms. The summed E-state index contributed by atoms with van der Waals surface area (Å²) in [5.41, 5.74) is 2.29. The molecular formula is C16H11BrN2O. The summed E-state index contributed by atoms with van der Waals surface area (Å²) in [5, 5.41) is 3.89. The number of halogens is 1. The molecule has 20 heavy (non-hydrogen) atoms. The molecule has 0 atom stereocenters. The zero-order valence-corrected chi connectivity index (χ0v) is 12.2. The van der Waals surface area contributed by atoms with Crippen LogP contribution in [0.4, 0.5) is 0 Å². The number of aromatic nitrogens is 1. The summed E-state index contributed by atoms with van der Waals surface area (Å²) in [6, 6.07) is 7.79. The number of para-hydroxylation sites is 1. The van der Waals surface area contributed by atoms with Crippen LogP contribution in [0.5, 0.6) is 0 Å². The number of amides is 1. The molecule has 4 rings (SSSR count). The van der Waals surface area contributed by atoms with Crippen molar-refractivity contribution >= 4 is 27.9 Å². The van der Waals surface area contributed by atoms with Crippen LogP contribution in [-0.4, -0.2) is 10.9 Å². The molecule has 3 nitrogen and oxygen atoms in total. The smallest absolute Gasteiger partial charge is 0.250 e. The van der Waals surface area contributed by atoms with Crippen LogP contribution in [0.15, 0.2) is 39.8 Å².